The predicted molar refractivity (Wildman–Crippen MR) is 222 cm³/mol. The van der Waals surface area contributed by atoms with Crippen LogP contribution in [-0.2, 0) is 17.9 Å². The van der Waals surface area contributed by atoms with Crippen LogP contribution in [0.1, 0.15) is 33.6 Å². The van der Waals surface area contributed by atoms with E-state index in [2.05, 4.69) is 95.4 Å². The van der Waals surface area contributed by atoms with Crippen LogP contribution in [0.2, 0.25) is 0 Å². The zero-order valence-electron chi connectivity index (χ0n) is 31.0. The lowest BCUT2D eigenvalue weighted by molar-refractivity contribution is 0.276. The van der Waals surface area contributed by atoms with Gasteiger partial charge in [0.05, 0.1) is 52.6 Å². The Balaban J connectivity index is 0.000000216. The van der Waals surface area contributed by atoms with Crippen molar-refractivity contribution in [1.29, 1.82) is 21.0 Å². The van der Waals surface area contributed by atoms with Crippen molar-refractivity contribution in [3.63, 3.8) is 0 Å². The molecule has 0 aliphatic carbocycles. The van der Waals surface area contributed by atoms with Gasteiger partial charge >= 0.3 is 0 Å². The molecule has 0 spiro atoms. The first-order valence-corrected chi connectivity index (χ1v) is 17.1. The molecule has 2 aromatic heterocycles. The summed E-state index contributed by atoms with van der Waals surface area (Å²) >= 11 is 4.45. The maximum atomic E-state index is 9.87. The Hall–Kier alpha value is -9.54. The molecule has 0 fully saturated rings. The number of aromatic nitrogens is 6. The summed E-state index contributed by atoms with van der Waals surface area (Å²) in [5.41, 5.74) is 12.7. The third kappa shape index (κ3) is 16.1. The van der Waals surface area contributed by atoms with Gasteiger partial charge in [0.1, 0.15) is 5.69 Å². The van der Waals surface area contributed by atoms with Crippen LogP contribution >= 0.6 is 12.2 Å². The molecule has 6 rings (SSSR count). The molecule has 284 valence electrons. The van der Waals surface area contributed by atoms with Crippen LogP contribution in [-0.4, -0.2) is 46.3 Å². The highest BCUT2D eigenvalue weighted by atomic mass is 32.1. The minimum atomic E-state index is -0.133. The van der Waals surface area contributed by atoms with Gasteiger partial charge in [-0.25, -0.2) is 14.2 Å². The van der Waals surface area contributed by atoms with E-state index in [0.717, 1.165) is 39.4 Å². The van der Waals surface area contributed by atoms with E-state index in [-0.39, 0.29) is 6.61 Å². The standard InChI is InChI=1S/C12H9N5.C12H8N4O.C10H4N2O.C10H4N2S/c13-7-1-2-10-3-5-12(6-4-10)17-9-11(8-14)15-16-17;13-7-1-2-10-3-5-12(6-4-10)16-8-11(9-17)14-15-16;2*11-7-1-2-9-3-5-10(6-4-9)12-8-13/h3-6,9H,8,14H2;3-6,8,17H,9H2;2*3-6H. The number of hydrogen-bond acceptors (Lipinski definition) is 14. The van der Waals surface area contributed by atoms with Gasteiger partial charge in [0, 0.05) is 52.5 Å². The van der Waals surface area contributed by atoms with Crippen LogP contribution in [0, 0.1) is 92.7 Å². The summed E-state index contributed by atoms with van der Waals surface area (Å²) in [6, 6.07) is 35.3. The van der Waals surface area contributed by atoms with Crippen molar-refractivity contribution in [1.82, 2.24) is 30.0 Å². The number of thiocarbonyl (C=S) groups is 1. The quantitative estimate of drug-likeness (QED) is 0.0972. The van der Waals surface area contributed by atoms with Crippen molar-refractivity contribution in [2.24, 2.45) is 15.7 Å². The molecular weight excluding hydrogens is 775 g/mol. The van der Waals surface area contributed by atoms with E-state index in [4.69, 9.17) is 31.9 Å². The molecule has 60 heavy (non-hydrogen) atoms. The summed E-state index contributed by atoms with van der Waals surface area (Å²) in [4.78, 5) is 17.1. The number of isocyanates is 1. The Morgan fingerprint density at radius 1 is 0.567 bits per heavy atom. The van der Waals surface area contributed by atoms with E-state index >= 15 is 0 Å². The summed E-state index contributed by atoms with van der Waals surface area (Å²) < 4.78 is 3.21. The van der Waals surface area contributed by atoms with Crippen molar-refractivity contribution >= 4 is 34.8 Å². The van der Waals surface area contributed by atoms with E-state index in [1.165, 1.54) is 6.08 Å². The number of nitriles is 4. The number of aliphatic hydroxyl groups excluding tert-OH is 1. The molecular formula is C44H25N13O2S. The molecule has 0 saturated carbocycles. The minimum absolute atomic E-state index is 0.133. The summed E-state index contributed by atoms with van der Waals surface area (Å²) in [5.74, 6) is 19.9. The van der Waals surface area contributed by atoms with Gasteiger partial charge in [0.25, 0.3) is 0 Å². The molecule has 16 heteroatoms. The number of aliphatic imine (C=N–C) groups is 2. The van der Waals surface area contributed by atoms with Gasteiger partial charge in [-0.1, -0.05) is 34.1 Å². The smallest absolute Gasteiger partial charge is 0.240 e. The predicted octanol–water partition coefficient (Wildman–Crippen LogP) is 5.06. The fraction of sp³-hybridized carbons (Fsp3) is 0.0455. The van der Waals surface area contributed by atoms with Crippen LogP contribution in [0.5, 0.6) is 0 Å². The number of benzene rings is 4. The maximum absolute atomic E-state index is 9.87. The lowest BCUT2D eigenvalue weighted by Gasteiger charge is -1.98. The van der Waals surface area contributed by atoms with Crippen molar-refractivity contribution in [2.45, 2.75) is 13.2 Å². The van der Waals surface area contributed by atoms with E-state index < -0.39 is 0 Å². The fourth-order valence-electron chi connectivity index (χ4n) is 4.15. The van der Waals surface area contributed by atoms with E-state index in [9.17, 15) is 4.79 Å². The van der Waals surface area contributed by atoms with Gasteiger partial charge < -0.3 is 10.8 Å². The molecule has 15 nitrogen and oxygen atoms in total. The van der Waals surface area contributed by atoms with Crippen molar-refractivity contribution in [3.05, 3.63) is 143 Å². The molecule has 0 bridgehead atoms. The maximum Gasteiger partial charge on any atom is 0.240 e. The van der Waals surface area contributed by atoms with Crippen LogP contribution in [0.3, 0.4) is 0 Å². The van der Waals surface area contributed by atoms with Crippen molar-refractivity contribution in [2.75, 3.05) is 0 Å². The minimum Gasteiger partial charge on any atom is -0.390 e. The van der Waals surface area contributed by atoms with Gasteiger partial charge in [-0.3, -0.25) is 0 Å². The third-order valence-corrected chi connectivity index (χ3v) is 6.94. The topological polar surface area (TPSA) is 245 Å². The van der Waals surface area contributed by atoms with Crippen LogP contribution in [0.25, 0.3) is 11.4 Å². The zero-order chi connectivity index (χ0) is 43.2. The third-order valence-electron chi connectivity index (χ3n) is 6.85. The summed E-state index contributed by atoms with van der Waals surface area (Å²) in [5, 5.41) is 59.7. The van der Waals surface area contributed by atoms with Gasteiger partial charge in [-0.15, -0.1) is 10.2 Å². The molecule has 4 aromatic carbocycles. The average molecular weight is 800 g/mol. The Labute approximate surface area is 349 Å². The molecule has 0 aliphatic heterocycles. The molecule has 0 aliphatic rings. The van der Waals surface area contributed by atoms with E-state index in [1.807, 2.05) is 36.4 Å². The Morgan fingerprint density at radius 2 is 0.917 bits per heavy atom. The van der Waals surface area contributed by atoms with Gasteiger partial charge in [0.2, 0.25) is 6.08 Å². The molecule has 0 radical (unpaired) electrons. The summed E-state index contributed by atoms with van der Waals surface area (Å²) in [6.45, 7) is 0.234. The average Bonchev–Trinajstić information content (AvgIpc) is 3.99. The lowest BCUT2D eigenvalue weighted by Crippen LogP contribution is -1.96. The summed E-state index contributed by atoms with van der Waals surface area (Å²) in [7, 11) is 0. The zero-order valence-corrected chi connectivity index (χ0v) is 31.8. The van der Waals surface area contributed by atoms with Crippen LogP contribution < -0.4 is 5.73 Å². The van der Waals surface area contributed by atoms with Crippen LogP contribution in [0.15, 0.2) is 119 Å². The van der Waals surface area contributed by atoms with Crippen molar-refractivity contribution in [3.8, 4) is 83.0 Å². The largest absolute Gasteiger partial charge is 0.390 e. The number of carbonyl (C=O) groups excluding carboxylic acids is 1. The molecule has 0 unspecified atom stereocenters. The number of rotatable bonds is 6. The lowest BCUT2D eigenvalue weighted by atomic mass is 10.2. The second kappa shape index (κ2) is 26.3. The number of isothiocyanates is 1. The molecule has 0 saturated heterocycles. The number of nitrogens with two attached hydrogens (primary N) is 1. The van der Waals surface area contributed by atoms with Crippen LogP contribution in [0.4, 0.5) is 11.4 Å². The molecule has 6 aromatic rings. The van der Waals surface area contributed by atoms with E-state index in [1.54, 1.807) is 107 Å². The van der Waals surface area contributed by atoms with Crippen molar-refractivity contribution < 1.29 is 9.90 Å². The Bertz CT molecular complexity index is 2700. The first kappa shape index (κ1) is 44.9. The van der Waals surface area contributed by atoms with E-state index in [0.29, 0.717) is 23.5 Å². The SMILES string of the molecule is N#CC#Cc1ccc(-n2cc(CN)nn2)cc1.N#CC#Cc1ccc(-n2cc(CO)nn2)cc1.N#CC#Cc1ccc(N=C=O)cc1.N#CC#Cc1ccc(N=C=S)cc1. The van der Waals surface area contributed by atoms with Gasteiger partial charge in [-0.05, 0) is 109 Å². The summed E-state index contributed by atoms with van der Waals surface area (Å²) in [6.07, 6.45) is 4.86. The van der Waals surface area contributed by atoms with Gasteiger partial charge in [0.15, 0.2) is 24.3 Å². The number of hydrogen-bond donors (Lipinski definition) is 2. The Kier molecular flexibility index (Phi) is 19.7. The highest BCUT2D eigenvalue weighted by Gasteiger charge is 2.02. The number of aliphatic hydroxyl groups is 1. The second-order valence-corrected chi connectivity index (χ2v) is 10.9. The molecule has 0 atom stereocenters. The second-order valence-electron chi connectivity index (χ2n) is 10.7. The van der Waals surface area contributed by atoms with Gasteiger partial charge in [-0.2, -0.15) is 31.0 Å². The highest BCUT2D eigenvalue weighted by molar-refractivity contribution is 7.78. The molecule has 2 heterocycles. The monoisotopic (exact) mass is 799 g/mol. The number of nitrogens with zero attached hydrogens (tertiary/aromatic N) is 12. The Morgan fingerprint density at radius 3 is 1.22 bits per heavy atom. The normalized spacial score (nSPS) is 8.37. The fourth-order valence-corrected chi connectivity index (χ4v) is 4.26. The highest BCUT2D eigenvalue weighted by Crippen LogP contribution is 2.13. The molecule has 3 N–H and O–H groups in total. The first-order valence-electron chi connectivity index (χ1n) is 16.7. The first-order chi connectivity index (χ1) is 29.4. The molecule has 0 amide bonds.